The van der Waals surface area contributed by atoms with Crippen molar-refractivity contribution in [2.45, 2.75) is 71.6 Å². The molecular formula is C18H27N3. The maximum absolute atomic E-state index is 4.48. The van der Waals surface area contributed by atoms with E-state index >= 15 is 0 Å². The summed E-state index contributed by atoms with van der Waals surface area (Å²) in [5.41, 5.74) is 3.89. The average Bonchev–Trinajstić information content (AvgIpc) is 3.19. The van der Waals surface area contributed by atoms with Gasteiger partial charge in [-0.15, -0.1) is 10.2 Å². The first-order valence-corrected chi connectivity index (χ1v) is 8.57. The molecule has 3 nitrogen and oxygen atoms in total. The highest BCUT2D eigenvalue weighted by Crippen LogP contribution is 2.33. The SMILES string of the molecule is CCCC(CCC)c1ccn2c(CC3CC3)nnc2c1C. The molecule has 0 unspecified atom stereocenters. The van der Waals surface area contributed by atoms with Crippen LogP contribution in [0.5, 0.6) is 0 Å². The Morgan fingerprint density at radius 3 is 2.52 bits per heavy atom. The minimum Gasteiger partial charge on any atom is -0.286 e. The fourth-order valence-electron chi connectivity index (χ4n) is 3.46. The fourth-order valence-corrected chi connectivity index (χ4v) is 3.46. The number of fused-ring (bicyclic) bond motifs is 1. The van der Waals surface area contributed by atoms with E-state index in [1.54, 1.807) is 0 Å². The number of rotatable bonds is 7. The molecule has 21 heavy (non-hydrogen) atoms. The number of hydrogen-bond acceptors (Lipinski definition) is 2. The second kappa shape index (κ2) is 6.17. The minimum atomic E-state index is 0.675. The number of hydrogen-bond donors (Lipinski definition) is 0. The summed E-state index contributed by atoms with van der Waals surface area (Å²) in [4.78, 5) is 0. The highest BCUT2D eigenvalue weighted by molar-refractivity contribution is 5.52. The van der Waals surface area contributed by atoms with Gasteiger partial charge in [-0.1, -0.05) is 26.7 Å². The molecule has 3 rings (SSSR count). The van der Waals surface area contributed by atoms with Crippen LogP contribution in [-0.4, -0.2) is 14.6 Å². The van der Waals surface area contributed by atoms with Crippen LogP contribution in [0.1, 0.15) is 75.2 Å². The van der Waals surface area contributed by atoms with Crippen LogP contribution in [0.4, 0.5) is 0 Å². The third-order valence-corrected chi connectivity index (χ3v) is 4.82. The standard InChI is InChI=1S/C18H27N3/c1-4-6-15(7-5-2)16-10-11-21-17(12-14-8-9-14)19-20-18(21)13(16)3/h10-11,14-15H,4-9,12H2,1-3H3. The first kappa shape index (κ1) is 14.6. The molecule has 114 valence electrons. The van der Waals surface area contributed by atoms with E-state index in [0.717, 1.165) is 23.8 Å². The van der Waals surface area contributed by atoms with E-state index in [-0.39, 0.29) is 0 Å². The first-order valence-electron chi connectivity index (χ1n) is 8.57. The van der Waals surface area contributed by atoms with Crippen molar-refractivity contribution in [1.29, 1.82) is 0 Å². The minimum absolute atomic E-state index is 0.675. The van der Waals surface area contributed by atoms with Crippen molar-refractivity contribution >= 4 is 5.65 Å². The lowest BCUT2D eigenvalue weighted by Gasteiger charge is -2.18. The van der Waals surface area contributed by atoms with E-state index in [1.807, 2.05) is 0 Å². The number of aromatic nitrogens is 3. The van der Waals surface area contributed by atoms with E-state index in [4.69, 9.17) is 0 Å². The third kappa shape index (κ3) is 2.97. The zero-order chi connectivity index (χ0) is 14.8. The molecule has 0 radical (unpaired) electrons. The van der Waals surface area contributed by atoms with Crippen LogP contribution in [0.15, 0.2) is 12.3 Å². The zero-order valence-electron chi connectivity index (χ0n) is 13.6. The molecule has 0 N–H and O–H groups in total. The van der Waals surface area contributed by atoms with Crippen LogP contribution >= 0.6 is 0 Å². The lowest BCUT2D eigenvalue weighted by molar-refractivity contribution is 0.558. The molecule has 0 bridgehead atoms. The second-order valence-corrected chi connectivity index (χ2v) is 6.63. The Labute approximate surface area is 127 Å². The van der Waals surface area contributed by atoms with E-state index < -0.39 is 0 Å². The summed E-state index contributed by atoms with van der Waals surface area (Å²) in [5, 5.41) is 8.92. The van der Waals surface area contributed by atoms with Gasteiger partial charge in [0.15, 0.2) is 5.65 Å². The van der Waals surface area contributed by atoms with Gasteiger partial charge in [0.2, 0.25) is 0 Å². The highest BCUT2D eigenvalue weighted by Gasteiger charge is 2.24. The number of nitrogens with zero attached hydrogens (tertiary/aromatic N) is 3. The molecule has 1 fully saturated rings. The second-order valence-electron chi connectivity index (χ2n) is 6.63. The van der Waals surface area contributed by atoms with Crippen LogP contribution in [0, 0.1) is 12.8 Å². The summed E-state index contributed by atoms with van der Waals surface area (Å²) in [6.07, 6.45) is 11.1. The Kier molecular flexibility index (Phi) is 4.27. The molecule has 0 aromatic carbocycles. The molecule has 1 aliphatic rings. The predicted octanol–water partition coefficient (Wildman–Crippen LogP) is 4.67. The summed E-state index contributed by atoms with van der Waals surface area (Å²) in [6, 6.07) is 2.32. The smallest absolute Gasteiger partial charge is 0.163 e. The molecule has 3 heteroatoms. The van der Waals surface area contributed by atoms with Gasteiger partial charge >= 0.3 is 0 Å². The maximum Gasteiger partial charge on any atom is 0.163 e. The van der Waals surface area contributed by atoms with Crippen molar-refractivity contribution in [3.8, 4) is 0 Å². The van der Waals surface area contributed by atoms with Crippen LogP contribution in [0.2, 0.25) is 0 Å². The summed E-state index contributed by atoms with van der Waals surface area (Å²) in [5.74, 6) is 2.67. The molecular weight excluding hydrogens is 258 g/mol. The fraction of sp³-hybridized carbons (Fsp3) is 0.667. The van der Waals surface area contributed by atoms with Crippen molar-refractivity contribution in [2.24, 2.45) is 5.92 Å². The van der Waals surface area contributed by atoms with Gasteiger partial charge < -0.3 is 0 Å². The Morgan fingerprint density at radius 1 is 1.19 bits per heavy atom. The Bertz CT molecular complexity index is 604. The van der Waals surface area contributed by atoms with Gasteiger partial charge in [-0.3, -0.25) is 4.40 Å². The van der Waals surface area contributed by atoms with Crippen molar-refractivity contribution in [1.82, 2.24) is 14.6 Å². The normalized spacial score (nSPS) is 15.2. The van der Waals surface area contributed by atoms with Gasteiger partial charge in [-0.2, -0.15) is 0 Å². The van der Waals surface area contributed by atoms with Crippen LogP contribution in [0.25, 0.3) is 5.65 Å². The van der Waals surface area contributed by atoms with Gasteiger partial charge in [0.05, 0.1) is 0 Å². The molecule has 0 atom stereocenters. The molecule has 1 saturated carbocycles. The van der Waals surface area contributed by atoms with E-state index in [0.29, 0.717) is 5.92 Å². The Hall–Kier alpha value is -1.38. The van der Waals surface area contributed by atoms with Gasteiger partial charge in [-0.05, 0) is 61.6 Å². The molecule has 0 amide bonds. The average molecular weight is 285 g/mol. The van der Waals surface area contributed by atoms with Gasteiger partial charge in [-0.25, -0.2) is 0 Å². The number of pyridine rings is 1. The Morgan fingerprint density at radius 2 is 1.90 bits per heavy atom. The van der Waals surface area contributed by atoms with Crippen molar-refractivity contribution in [2.75, 3.05) is 0 Å². The lowest BCUT2D eigenvalue weighted by atomic mass is 9.88. The molecule has 0 spiro atoms. The Balaban J connectivity index is 1.95. The highest BCUT2D eigenvalue weighted by atomic mass is 15.2. The number of aryl methyl sites for hydroxylation is 1. The molecule has 2 aromatic heterocycles. The summed E-state index contributed by atoms with van der Waals surface area (Å²) in [7, 11) is 0. The topological polar surface area (TPSA) is 30.2 Å². The largest absolute Gasteiger partial charge is 0.286 e. The summed E-state index contributed by atoms with van der Waals surface area (Å²) < 4.78 is 2.21. The summed E-state index contributed by atoms with van der Waals surface area (Å²) in [6.45, 7) is 6.78. The van der Waals surface area contributed by atoms with E-state index in [2.05, 4.69) is 47.6 Å². The predicted molar refractivity (Wildman–Crippen MR) is 86.7 cm³/mol. The maximum atomic E-state index is 4.48. The van der Waals surface area contributed by atoms with Crippen molar-refractivity contribution in [3.63, 3.8) is 0 Å². The third-order valence-electron chi connectivity index (χ3n) is 4.82. The van der Waals surface area contributed by atoms with Gasteiger partial charge in [0.25, 0.3) is 0 Å². The van der Waals surface area contributed by atoms with Crippen molar-refractivity contribution < 1.29 is 0 Å². The van der Waals surface area contributed by atoms with E-state index in [9.17, 15) is 0 Å². The van der Waals surface area contributed by atoms with Crippen LogP contribution in [-0.2, 0) is 6.42 Å². The zero-order valence-corrected chi connectivity index (χ0v) is 13.6. The lowest BCUT2D eigenvalue weighted by Crippen LogP contribution is -2.04. The van der Waals surface area contributed by atoms with Crippen LogP contribution < -0.4 is 0 Å². The molecule has 2 aromatic rings. The molecule has 0 saturated heterocycles. The quantitative estimate of drug-likeness (QED) is 0.739. The van der Waals surface area contributed by atoms with Crippen molar-refractivity contribution in [3.05, 3.63) is 29.2 Å². The molecule has 1 aliphatic carbocycles. The van der Waals surface area contributed by atoms with Crippen LogP contribution in [0.3, 0.4) is 0 Å². The molecule has 0 aliphatic heterocycles. The summed E-state index contributed by atoms with van der Waals surface area (Å²) >= 11 is 0. The molecule has 2 heterocycles. The van der Waals surface area contributed by atoms with E-state index in [1.165, 1.54) is 49.7 Å². The first-order chi connectivity index (χ1) is 10.2. The monoisotopic (exact) mass is 285 g/mol. The van der Waals surface area contributed by atoms with Gasteiger partial charge in [0, 0.05) is 12.6 Å². The van der Waals surface area contributed by atoms with Gasteiger partial charge in [0.1, 0.15) is 5.82 Å².